The number of carbonyl (C=O) groups excluding carboxylic acids is 1. The van der Waals surface area contributed by atoms with E-state index in [1.807, 2.05) is 48.5 Å². The Morgan fingerprint density at radius 3 is 1.66 bits per heavy atom. The van der Waals surface area contributed by atoms with Crippen molar-refractivity contribution in [3.8, 4) is 33.4 Å². The maximum atomic E-state index is 16.9. The minimum atomic E-state index is -3.50. The summed E-state index contributed by atoms with van der Waals surface area (Å²) in [7, 11) is -6.74. The van der Waals surface area contributed by atoms with Crippen molar-refractivity contribution in [2.75, 3.05) is 0 Å². The van der Waals surface area contributed by atoms with E-state index in [-0.39, 0.29) is 28.9 Å². The third-order valence-corrected chi connectivity index (χ3v) is 23.1. The van der Waals surface area contributed by atoms with E-state index in [9.17, 15) is 4.79 Å². The number of carbonyl (C=O) groups is 1. The fraction of sp³-hybridized carbons (Fsp3) is 0.222. The highest BCUT2D eigenvalue weighted by atomic mass is 31.2. The molecule has 8 aromatic carbocycles. The molecular weight excluding hydrogens is 867 g/mol. The molecule has 5 atom stereocenters. The summed E-state index contributed by atoms with van der Waals surface area (Å²) in [5.74, 6) is 0.337. The van der Waals surface area contributed by atoms with E-state index in [1.165, 1.54) is 16.7 Å². The number of hydrogen-bond donors (Lipinski definition) is 0. The Labute approximate surface area is 402 Å². The number of rotatable bonds is 9. The average Bonchev–Trinajstić information content (AvgIpc) is 3.66. The predicted molar refractivity (Wildman–Crippen MR) is 286 cm³/mol. The SMILES string of the molecule is CCC(C)c1ccc2c(c1-c1ccccc1)P(=O)(C(C)Cc1ccc3c(c1)-c1ccccc1C31c3ccccc3P(=O)(C(C)C)c3c1ccc(C(C)C)c3-c1ccccc1)c1ccccc1C2=O. The van der Waals surface area contributed by atoms with Gasteiger partial charge in [-0.2, -0.15) is 0 Å². The fourth-order valence-corrected chi connectivity index (χ4v) is 19.4. The zero-order valence-electron chi connectivity index (χ0n) is 40.1. The van der Waals surface area contributed by atoms with Crippen LogP contribution in [0.4, 0.5) is 0 Å². The highest BCUT2D eigenvalue weighted by Gasteiger charge is 2.56. The normalized spacial score (nSPS) is 20.6. The predicted octanol–water partition coefficient (Wildman–Crippen LogP) is 14.5. The van der Waals surface area contributed by atoms with Crippen molar-refractivity contribution < 1.29 is 13.9 Å². The van der Waals surface area contributed by atoms with Crippen LogP contribution in [0, 0.1) is 0 Å². The molecule has 0 radical (unpaired) electrons. The molecule has 1 aliphatic carbocycles. The number of fused-ring (bicyclic) bond motifs is 11. The van der Waals surface area contributed by atoms with Gasteiger partial charge in [-0.05, 0) is 103 Å². The summed E-state index contributed by atoms with van der Waals surface area (Å²) >= 11 is 0. The molecular formula is C63H58O3P2. The second kappa shape index (κ2) is 16.5. The molecule has 68 heavy (non-hydrogen) atoms. The lowest BCUT2D eigenvalue weighted by molar-refractivity contribution is 0.104. The van der Waals surface area contributed by atoms with Gasteiger partial charge in [0.1, 0.15) is 14.3 Å². The molecule has 5 heteroatoms. The van der Waals surface area contributed by atoms with Gasteiger partial charge in [0.25, 0.3) is 0 Å². The van der Waals surface area contributed by atoms with Gasteiger partial charge in [-0.3, -0.25) is 4.79 Å². The van der Waals surface area contributed by atoms with Crippen molar-refractivity contribution in [2.24, 2.45) is 0 Å². The summed E-state index contributed by atoms with van der Waals surface area (Å²) in [4.78, 5) is 14.6. The minimum absolute atomic E-state index is 0.0624. The van der Waals surface area contributed by atoms with Gasteiger partial charge in [-0.15, -0.1) is 0 Å². The van der Waals surface area contributed by atoms with E-state index in [1.54, 1.807) is 0 Å². The molecule has 1 spiro atoms. The van der Waals surface area contributed by atoms with E-state index in [2.05, 4.69) is 176 Å². The van der Waals surface area contributed by atoms with Crippen LogP contribution in [0.5, 0.6) is 0 Å². The van der Waals surface area contributed by atoms with E-state index in [0.29, 0.717) is 28.2 Å². The number of ketones is 1. The molecule has 11 rings (SSSR count). The molecule has 8 aromatic rings. The lowest BCUT2D eigenvalue weighted by Gasteiger charge is -2.45. The molecule has 0 amide bonds. The Morgan fingerprint density at radius 2 is 1.01 bits per heavy atom. The third-order valence-electron chi connectivity index (χ3n) is 15.8. The molecule has 0 saturated heterocycles. The maximum absolute atomic E-state index is 16.9. The zero-order valence-corrected chi connectivity index (χ0v) is 41.9. The van der Waals surface area contributed by atoms with Crippen LogP contribution in [-0.4, -0.2) is 17.1 Å². The van der Waals surface area contributed by atoms with Crippen LogP contribution in [0.15, 0.2) is 176 Å². The number of benzene rings is 8. The van der Waals surface area contributed by atoms with Gasteiger partial charge in [-0.1, -0.05) is 218 Å². The Bertz CT molecular complexity index is 3440. The summed E-state index contributed by atoms with van der Waals surface area (Å²) in [6, 6.07) is 61.5. The molecule has 2 heterocycles. The summed E-state index contributed by atoms with van der Waals surface area (Å²) in [5, 5.41) is 3.29. The molecule has 0 aromatic heterocycles. The highest BCUT2D eigenvalue weighted by Crippen LogP contribution is 2.65. The molecule has 0 bridgehead atoms. The summed E-state index contributed by atoms with van der Waals surface area (Å²) < 4.78 is 33.5. The van der Waals surface area contributed by atoms with Crippen molar-refractivity contribution in [3.63, 3.8) is 0 Å². The lowest BCUT2D eigenvalue weighted by Crippen LogP contribution is -2.46. The van der Waals surface area contributed by atoms with E-state index in [0.717, 1.165) is 72.7 Å². The van der Waals surface area contributed by atoms with E-state index < -0.39 is 19.7 Å². The van der Waals surface area contributed by atoms with Crippen molar-refractivity contribution in [3.05, 3.63) is 226 Å². The van der Waals surface area contributed by atoms with Crippen LogP contribution in [0.3, 0.4) is 0 Å². The highest BCUT2D eigenvalue weighted by molar-refractivity contribution is 7.80. The first kappa shape index (κ1) is 44.4. The second-order valence-electron chi connectivity index (χ2n) is 20.0. The maximum Gasteiger partial charge on any atom is 0.194 e. The Kier molecular flexibility index (Phi) is 10.8. The van der Waals surface area contributed by atoms with E-state index >= 15 is 9.13 Å². The van der Waals surface area contributed by atoms with Gasteiger partial charge < -0.3 is 9.13 Å². The van der Waals surface area contributed by atoms with Gasteiger partial charge in [0.05, 0.1) is 5.41 Å². The van der Waals surface area contributed by atoms with Crippen LogP contribution in [0.1, 0.15) is 122 Å². The second-order valence-corrected chi connectivity index (χ2v) is 26.5. The molecule has 0 saturated carbocycles. The quantitative estimate of drug-likeness (QED) is 0.136. The lowest BCUT2D eigenvalue weighted by atomic mass is 9.66. The van der Waals surface area contributed by atoms with Crippen molar-refractivity contribution >= 4 is 41.3 Å². The van der Waals surface area contributed by atoms with Crippen molar-refractivity contribution in [1.29, 1.82) is 0 Å². The molecule has 2 aliphatic heterocycles. The average molecular weight is 925 g/mol. The Balaban J connectivity index is 1.14. The first-order valence-electron chi connectivity index (χ1n) is 24.5. The van der Waals surface area contributed by atoms with Gasteiger partial charge in [0.2, 0.25) is 0 Å². The largest absolute Gasteiger partial charge is 0.313 e. The van der Waals surface area contributed by atoms with Crippen molar-refractivity contribution in [2.45, 2.75) is 89.9 Å². The monoisotopic (exact) mass is 924 g/mol. The third kappa shape index (κ3) is 6.14. The number of hydrogen-bond acceptors (Lipinski definition) is 3. The van der Waals surface area contributed by atoms with Crippen LogP contribution in [0.2, 0.25) is 0 Å². The van der Waals surface area contributed by atoms with Gasteiger partial charge in [-0.25, -0.2) is 0 Å². The van der Waals surface area contributed by atoms with Crippen LogP contribution in [-0.2, 0) is 21.0 Å². The van der Waals surface area contributed by atoms with Crippen molar-refractivity contribution in [1.82, 2.24) is 0 Å². The van der Waals surface area contributed by atoms with Gasteiger partial charge in [0.15, 0.2) is 5.78 Å². The first-order chi connectivity index (χ1) is 32.9. The molecule has 3 aliphatic rings. The smallest absolute Gasteiger partial charge is 0.194 e. The van der Waals surface area contributed by atoms with Crippen LogP contribution < -0.4 is 21.2 Å². The molecule has 3 nitrogen and oxygen atoms in total. The molecule has 0 N–H and O–H groups in total. The summed E-state index contributed by atoms with van der Waals surface area (Å²) in [6.07, 6.45) is 1.45. The molecule has 5 unspecified atom stereocenters. The Hall–Kier alpha value is -6.11. The summed E-state index contributed by atoms with van der Waals surface area (Å²) in [5.41, 5.74) is 14.3. The topological polar surface area (TPSA) is 51.2 Å². The fourth-order valence-electron chi connectivity index (χ4n) is 12.4. The zero-order chi connectivity index (χ0) is 47.3. The van der Waals surface area contributed by atoms with Crippen LogP contribution in [0.25, 0.3) is 33.4 Å². The van der Waals surface area contributed by atoms with Gasteiger partial charge >= 0.3 is 0 Å². The van der Waals surface area contributed by atoms with E-state index in [4.69, 9.17) is 0 Å². The van der Waals surface area contributed by atoms with Crippen LogP contribution >= 0.6 is 14.3 Å². The summed E-state index contributed by atoms with van der Waals surface area (Å²) in [6.45, 7) is 15.3. The molecule has 338 valence electrons. The standard InChI is InChI=1S/C63H58O3P2/c1-8-41(6)47-32-33-50-60(64)49-26-16-19-29-56(49)68(66,61(50)59(47)45-23-13-10-14-24-45)42(7)37-43-31-35-53-51(38-43)48-25-15-17-27-52(48)63(53)54-28-18-20-30-57(54)67(65,40(4)5)62-55(63)36-34-46(39(2)3)58(62)44-21-11-9-12-22-44/h9-36,38-42H,8,37H2,1-7H3. The molecule has 0 fully saturated rings. The minimum Gasteiger partial charge on any atom is -0.313 e. The van der Waals surface area contributed by atoms with Gasteiger partial charge in [0, 0.05) is 43.7 Å². The Morgan fingerprint density at radius 1 is 0.471 bits per heavy atom. The first-order valence-corrected chi connectivity index (χ1v) is 28.1.